The van der Waals surface area contributed by atoms with Crippen LogP contribution in [-0.2, 0) is 0 Å². The minimum atomic E-state index is 0.676. The fourth-order valence-corrected chi connectivity index (χ4v) is 1.58. The summed E-state index contributed by atoms with van der Waals surface area (Å²) in [6, 6.07) is 5.75. The molecule has 0 amide bonds. The molecule has 0 radical (unpaired) electrons. The number of anilines is 1. The van der Waals surface area contributed by atoms with Gasteiger partial charge in [0.15, 0.2) is 0 Å². The van der Waals surface area contributed by atoms with Crippen molar-refractivity contribution in [1.29, 1.82) is 0 Å². The number of ether oxygens (including phenoxy) is 1. The van der Waals surface area contributed by atoms with E-state index in [-0.39, 0.29) is 0 Å². The van der Waals surface area contributed by atoms with Gasteiger partial charge in [0.2, 0.25) is 0 Å². The number of rotatable bonds is 1. The number of fused-ring (bicyclic) bond motifs is 1. The highest BCUT2D eigenvalue weighted by molar-refractivity contribution is 5.96. The van der Waals surface area contributed by atoms with E-state index in [1.54, 1.807) is 13.3 Å². The van der Waals surface area contributed by atoms with Crippen LogP contribution in [0.25, 0.3) is 10.8 Å². The maximum absolute atomic E-state index is 5.95. The van der Waals surface area contributed by atoms with Gasteiger partial charge in [0, 0.05) is 22.7 Å². The first-order chi connectivity index (χ1) is 6.74. The van der Waals surface area contributed by atoms with Gasteiger partial charge in [-0.15, -0.1) is 0 Å². The lowest BCUT2D eigenvalue weighted by Gasteiger charge is -2.08. The van der Waals surface area contributed by atoms with E-state index in [0.717, 1.165) is 16.5 Å². The Morgan fingerprint density at radius 3 is 2.71 bits per heavy atom. The molecular formula is C11H12N2O. The molecule has 0 aliphatic carbocycles. The Hall–Kier alpha value is -1.77. The van der Waals surface area contributed by atoms with Gasteiger partial charge in [0.05, 0.1) is 12.8 Å². The Kier molecular flexibility index (Phi) is 2.00. The van der Waals surface area contributed by atoms with Crippen molar-refractivity contribution in [3.63, 3.8) is 0 Å². The number of pyridine rings is 1. The molecule has 0 spiro atoms. The Labute approximate surface area is 82.5 Å². The van der Waals surface area contributed by atoms with Gasteiger partial charge in [-0.2, -0.15) is 0 Å². The lowest BCUT2D eigenvalue weighted by atomic mass is 10.1. The summed E-state index contributed by atoms with van der Waals surface area (Å²) in [5.41, 5.74) is 7.61. The number of nitrogens with zero attached hydrogens (tertiary/aromatic N) is 1. The minimum Gasteiger partial charge on any atom is -0.495 e. The normalized spacial score (nSPS) is 10.4. The minimum absolute atomic E-state index is 0.676. The summed E-state index contributed by atoms with van der Waals surface area (Å²) in [7, 11) is 1.62. The van der Waals surface area contributed by atoms with Crippen LogP contribution in [-0.4, -0.2) is 12.1 Å². The maximum atomic E-state index is 5.95. The summed E-state index contributed by atoms with van der Waals surface area (Å²) in [6.45, 7) is 1.97. The molecule has 0 saturated heterocycles. The molecule has 0 atom stereocenters. The molecule has 2 N–H and O–H groups in total. The van der Waals surface area contributed by atoms with E-state index >= 15 is 0 Å². The molecule has 1 aromatic heterocycles. The van der Waals surface area contributed by atoms with E-state index in [1.807, 2.05) is 25.1 Å². The Morgan fingerprint density at radius 1 is 1.21 bits per heavy atom. The predicted molar refractivity (Wildman–Crippen MR) is 57.4 cm³/mol. The number of benzene rings is 1. The van der Waals surface area contributed by atoms with Gasteiger partial charge in [-0.05, 0) is 25.1 Å². The number of nitrogen functional groups attached to an aromatic ring is 1. The van der Waals surface area contributed by atoms with Gasteiger partial charge in [0.25, 0.3) is 0 Å². The van der Waals surface area contributed by atoms with E-state index < -0.39 is 0 Å². The SMILES string of the molecule is COc1ccc2c(C)nccc2c1N. The lowest BCUT2D eigenvalue weighted by Crippen LogP contribution is -1.94. The molecule has 3 nitrogen and oxygen atoms in total. The van der Waals surface area contributed by atoms with Crippen molar-refractivity contribution in [2.24, 2.45) is 0 Å². The van der Waals surface area contributed by atoms with Gasteiger partial charge >= 0.3 is 0 Å². The van der Waals surface area contributed by atoms with Gasteiger partial charge in [0.1, 0.15) is 5.75 Å². The Bertz CT molecular complexity index is 480. The summed E-state index contributed by atoms with van der Waals surface area (Å²) < 4.78 is 5.15. The molecule has 14 heavy (non-hydrogen) atoms. The second kappa shape index (κ2) is 3.18. The van der Waals surface area contributed by atoms with Crippen LogP contribution in [0, 0.1) is 6.92 Å². The van der Waals surface area contributed by atoms with E-state index in [9.17, 15) is 0 Å². The van der Waals surface area contributed by atoms with E-state index in [2.05, 4.69) is 4.98 Å². The van der Waals surface area contributed by atoms with Crippen molar-refractivity contribution in [1.82, 2.24) is 4.98 Å². The van der Waals surface area contributed by atoms with E-state index in [4.69, 9.17) is 10.5 Å². The predicted octanol–water partition coefficient (Wildman–Crippen LogP) is 2.13. The summed E-state index contributed by atoms with van der Waals surface area (Å²) >= 11 is 0. The number of methoxy groups -OCH3 is 1. The lowest BCUT2D eigenvalue weighted by molar-refractivity contribution is 0.417. The van der Waals surface area contributed by atoms with Crippen LogP contribution in [0.15, 0.2) is 24.4 Å². The van der Waals surface area contributed by atoms with Crippen molar-refractivity contribution in [2.45, 2.75) is 6.92 Å². The summed E-state index contributed by atoms with van der Waals surface area (Å²) in [4.78, 5) is 4.21. The van der Waals surface area contributed by atoms with Crippen molar-refractivity contribution >= 4 is 16.5 Å². The fraction of sp³-hybridized carbons (Fsp3) is 0.182. The number of aromatic nitrogens is 1. The monoisotopic (exact) mass is 188 g/mol. The zero-order valence-electron chi connectivity index (χ0n) is 8.24. The first-order valence-electron chi connectivity index (χ1n) is 4.42. The van der Waals surface area contributed by atoms with Gasteiger partial charge < -0.3 is 10.5 Å². The van der Waals surface area contributed by atoms with Crippen molar-refractivity contribution < 1.29 is 4.74 Å². The van der Waals surface area contributed by atoms with Crippen LogP contribution in [0.3, 0.4) is 0 Å². The Balaban J connectivity index is 2.84. The van der Waals surface area contributed by atoms with Gasteiger partial charge in [-0.3, -0.25) is 4.98 Å². The van der Waals surface area contributed by atoms with E-state index in [0.29, 0.717) is 11.4 Å². The molecule has 0 saturated carbocycles. The molecule has 0 aliphatic rings. The fourth-order valence-electron chi connectivity index (χ4n) is 1.58. The van der Waals surface area contributed by atoms with Crippen molar-refractivity contribution in [3.8, 4) is 5.75 Å². The molecule has 0 unspecified atom stereocenters. The number of hydrogen-bond donors (Lipinski definition) is 1. The van der Waals surface area contributed by atoms with E-state index in [1.165, 1.54) is 0 Å². The highest BCUT2D eigenvalue weighted by atomic mass is 16.5. The van der Waals surface area contributed by atoms with Gasteiger partial charge in [-0.1, -0.05) is 0 Å². The molecule has 0 fully saturated rings. The third-order valence-corrected chi connectivity index (χ3v) is 2.37. The third kappa shape index (κ3) is 1.18. The van der Waals surface area contributed by atoms with Crippen LogP contribution >= 0.6 is 0 Å². The standard InChI is InChI=1S/C11H12N2O/c1-7-8-3-4-10(14-2)11(12)9(8)5-6-13-7/h3-6H,12H2,1-2H3. The van der Waals surface area contributed by atoms with Crippen LogP contribution in [0.1, 0.15) is 5.69 Å². The summed E-state index contributed by atoms with van der Waals surface area (Å²) in [5, 5.41) is 2.07. The van der Waals surface area contributed by atoms with Crippen LogP contribution in [0.4, 0.5) is 5.69 Å². The third-order valence-electron chi connectivity index (χ3n) is 2.37. The first-order valence-corrected chi connectivity index (χ1v) is 4.42. The average molecular weight is 188 g/mol. The highest BCUT2D eigenvalue weighted by Gasteiger charge is 2.05. The zero-order chi connectivity index (χ0) is 10.1. The Morgan fingerprint density at radius 2 is 2.00 bits per heavy atom. The molecule has 2 aromatic rings. The molecule has 1 aromatic carbocycles. The molecule has 0 bridgehead atoms. The average Bonchev–Trinajstić information content (AvgIpc) is 2.20. The molecule has 1 heterocycles. The van der Waals surface area contributed by atoms with Gasteiger partial charge in [-0.25, -0.2) is 0 Å². The zero-order valence-corrected chi connectivity index (χ0v) is 8.24. The number of nitrogens with two attached hydrogens (primary N) is 1. The topological polar surface area (TPSA) is 48.1 Å². The maximum Gasteiger partial charge on any atom is 0.142 e. The molecule has 72 valence electrons. The highest BCUT2D eigenvalue weighted by Crippen LogP contribution is 2.30. The van der Waals surface area contributed by atoms with Crippen LogP contribution in [0.5, 0.6) is 5.75 Å². The largest absolute Gasteiger partial charge is 0.495 e. The first kappa shape index (κ1) is 8.81. The second-order valence-corrected chi connectivity index (χ2v) is 3.17. The number of aryl methyl sites for hydroxylation is 1. The van der Waals surface area contributed by atoms with Crippen molar-refractivity contribution in [2.75, 3.05) is 12.8 Å². The quantitative estimate of drug-likeness (QED) is 0.697. The summed E-state index contributed by atoms with van der Waals surface area (Å²) in [6.07, 6.45) is 1.76. The summed E-state index contributed by atoms with van der Waals surface area (Å²) in [5.74, 6) is 0.711. The molecular weight excluding hydrogens is 176 g/mol. The van der Waals surface area contributed by atoms with Crippen LogP contribution in [0.2, 0.25) is 0 Å². The smallest absolute Gasteiger partial charge is 0.142 e. The number of hydrogen-bond acceptors (Lipinski definition) is 3. The molecule has 3 heteroatoms. The van der Waals surface area contributed by atoms with Crippen LogP contribution < -0.4 is 10.5 Å². The van der Waals surface area contributed by atoms with Crippen molar-refractivity contribution in [3.05, 3.63) is 30.1 Å². The second-order valence-electron chi connectivity index (χ2n) is 3.17. The molecule has 2 rings (SSSR count). The molecule has 0 aliphatic heterocycles.